The zero-order chi connectivity index (χ0) is 13.0. The lowest BCUT2D eigenvalue weighted by molar-refractivity contribution is 0.667. The molecule has 1 nitrogen and oxygen atoms in total. The SMILES string of the molecule is Clc1cc2oc3c(Br)c(Cl)c(Cl)cc3c2cc1Cl. The van der Waals surface area contributed by atoms with Crippen LogP contribution in [0.5, 0.6) is 0 Å². The molecule has 3 rings (SSSR count). The van der Waals surface area contributed by atoms with E-state index in [-0.39, 0.29) is 0 Å². The van der Waals surface area contributed by atoms with E-state index in [0.717, 1.165) is 10.8 Å². The summed E-state index contributed by atoms with van der Waals surface area (Å²) in [7, 11) is 0. The highest BCUT2D eigenvalue weighted by molar-refractivity contribution is 9.10. The van der Waals surface area contributed by atoms with Crippen LogP contribution in [0, 0.1) is 0 Å². The van der Waals surface area contributed by atoms with E-state index in [1.165, 1.54) is 0 Å². The van der Waals surface area contributed by atoms with Crippen molar-refractivity contribution in [2.45, 2.75) is 0 Å². The molecule has 0 saturated heterocycles. The van der Waals surface area contributed by atoms with Gasteiger partial charge in [-0.3, -0.25) is 0 Å². The molecular weight excluding hydrogens is 382 g/mol. The van der Waals surface area contributed by atoms with E-state index >= 15 is 0 Å². The van der Waals surface area contributed by atoms with Crippen LogP contribution in [0.3, 0.4) is 0 Å². The van der Waals surface area contributed by atoms with Gasteiger partial charge in [-0.05, 0) is 28.1 Å². The molecular formula is C12H3BrCl4O. The zero-order valence-electron chi connectivity index (χ0n) is 8.53. The molecule has 6 heteroatoms. The molecule has 0 saturated carbocycles. The summed E-state index contributed by atoms with van der Waals surface area (Å²) in [5.74, 6) is 0. The fourth-order valence-corrected chi connectivity index (χ4v) is 3.10. The van der Waals surface area contributed by atoms with Crippen LogP contribution in [0.4, 0.5) is 0 Å². The number of furan rings is 1. The molecule has 0 spiro atoms. The largest absolute Gasteiger partial charge is 0.455 e. The Hall–Kier alpha value is -0.120. The average molecular weight is 385 g/mol. The van der Waals surface area contributed by atoms with Crippen molar-refractivity contribution in [1.82, 2.24) is 0 Å². The molecule has 1 heterocycles. The van der Waals surface area contributed by atoms with Gasteiger partial charge in [0.15, 0.2) is 5.58 Å². The van der Waals surface area contributed by atoms with E-state index in [4.69, 9.17) is 50.8 Å². The molecule has 92 valence electrons. The molecule has 0 amide bonds. The summed E-state index contributed by atoms with van der Waals surface area (Å²) in [5.41, 5.74) is 1.26. The van der Waals surface area contributed by atoms with E-state index in [1.807, 2.05) is 0 Å². The number of hydrogen-bond donors (Lipinski definition) is 0. The number of rotatable bonds is 0. The average Bonchev–Trinajstić information content (AvgIpc) is 2.66. The minimum Gasteiger partial charge on any atom is -0.455 e. The molecule has 0 N–H and O–H groups in total. The van der Waals surface area contributed by atoms with E-state index < -0.39 is 0 Å². The van der Waals surface area contributed by atoms with Gasteiger partial charge in [-0.25, -0.2) is 0 Å². The second-order valence-corrected chi connectivity index (χ2v) is 6.12. The topological polar surface area (TPSA) is 13.1 Å². The van der Waals surface area contributed by atoms with Crippen molar-refractivity contribution in [3.05, 3.63) is 42.8 Å². The minimum absolute atomic E-state index is 0.417. The van der Waals surface area contributed by atoms with Gasteiger partial charge in [-0.2, -0.15) is 0 Å². The second kappa shape index (κ2) is 4.46. The predicted molar refractivity (Wildman–Crippen MR) is 81.5 cm³/mol. The first-order valence-electron chi connectivity index (χ1n) is 4.84. The Balaban J connectivity index is 2.56. The summed E-state index contributed by atoms with van der Waals surface area (Å²) in [6.45, 7) is 0. The van der Waals surface area contributed by atoms with Crippen LogP contribution in [0.25, 0.3) is 21.9 Å². The van der Waals surface area contributed by atoms with Crippen LogP contribution < -0.4 is 0 Å². The Morgan fingerprint density at radius 3 is 2.17 bits per heavy atom. The third-order valence-electron chi connectivity index (χ3n) is 2.64. The van der Waals surface area contributed by atoms with Crippen molar-refractivity contribution in [2.75, 3.05) is 0 Å². The van der Waals surface area contributed by atoms with Crippen LogP contribution in [-0.2, 0) is 0 Å². The molecule has 0 aliphatic heterocycles. The zero-order valence-corrected chi connectivity index (χ0v) is 13.1. The predicted octanol–water partition coefficient (Wildman–Crippen LogP) is 6.96. The minimum atomic E-state index is 0.417. The molecule has 2 aromatic carbocycles. The van der Waals surface area contributed by atoms with E-state index in [9.17, 15) is 0 Å². The summed E-state index contributed by atoms with van der Waals surface area (Å²) >= 11 is 27.5. The van der Waals surface area contributed by atoms with E-state index in [0.29, 0.717) is 35.7 Å². The molecule has 18 heavy (non-hydrogen) atoms. The van der Waals surface area contributed by atoms with Gasteiger partial charge in [-0.1, -0.05) is 46.4 Å². The third kappa shape index (κ3) is 1.83. The Kier molecular flexibility index (Phi) is 3.20. The molecule has 0 unspecified atom stereocenters. The van der Waals surface area contributed by atoms with Crippen molar-refractivity contribution >= 4 is 84.3 Å². The first-order chi connectivity index (χ1) is 8.49. The highest BCUT2D eigenvalue weighted by Gasteiger charge is 2.16. The van der Waals surface area contributed by atoms with Crippen molar-refractivity contribution in [3.63, 3.8) is 0 Å². The summed E-state index contributed by atoms with van der Waals surface area (Å²) in [6.07, 6.45) is 0. The van der Waals surface area contributed by atoms with E-state index in [1.54, 1.807) is 18.2 Å². The van der Waals surface area contributed by atoms with Gasteiger partial charge >= 0.3 is 0 Å². The van der Waals surface area contributed by atoms with Gasteiger partial charge in [0.05, 0.1) is 24.6 Å². The standard InChI is InChI=1S/C12H3BrCl4O/c13-10-11(17)8(16)2-5-4-1-6(14)7(15)3-9(4)18-12(5)10/h1-3H. The molecule has 0 atom stereocenters. The summed E-state index contributed by atoms with van der Waals surface area (Å²) < 4.78 is 6.34. The summed E-state index contributed by atoms with van der Waals surface area (Å²) in [4.78, 5) is 0. The molecule has 0 bridgehead atoms. The Labute approximate surface area is 131 Å². The smallest absolute Gasteiger partial charge is 0.151 e. The van der Waals surface area contributed by atoms with Crippen molar-refractivity contribution in [3.8, 4) is 0 Å². The van der Waals surface area contributed by atoms with Crippen LogP contribution >= 0.6 is 62.3 Å². The van der Waals surface area contributed by atoms with Gasteiger partial charge in [-0.15, -0.1) is 0 Å². The quantitative estimate of drug-likeness (QED) is 0.382. The molecule has 0 aliphatic rings. The monoisotopic (exact) mass is 382 g/mol. The maximum absolute atomic E-state index is 6.06. The molecule has 1 aromatic heterocycles. The summed E-state index contributed by atoms with van der Waals surface area (Å²) in [6, 6.07) is 5.18. The number of fused-ring (bicyclic) bond motifs is 3. The van der Waals surface area contributed by atoms with Gasteiger partial charge in [0.1, 0.15) is 5.58 Å². The number of hydrogen-bond acceptors (Lipinski definition) is 1. The van der Waals surface area contributed by atoms with Gasteiger partial charge in [0, 0.05) is 16.8 Å². The van der Waals surface area contributed by atoms with Crippen LogP contribution in [0.2, 0.25) is 20.1 Å². The van der Waals surface area contributed by atoms with Crippen LogP contribution in [0.15, 0.2) is 27.1 Å². The second-order valence-electron chi connectivity index (χ2n) is 3.73. The molecule has 0 radical (unpaired) electrons. The highest BCUT2D eigenvalue weighted by atomic mass is 79.9. The Morgan fingerprint density at radius 2 is 1.44 bits per heavy atom. The Morgan fingerprint density at radius 1 is 0.833 bits per heavy atom. The van der Waals surface area contributed by atoms with Gasteiger partial charge in [0.25, 0.3) is 0 Å². The van der Waals surface area contributed by atoms with Crippen LogP contribution in [-0.4, -0.2) is 0 Å². The first kappa shape index (κ1) is 12.9. The molecule has 3 aromatic rings. The van der Waals surface area contributed by atoms with Gasteiger partial charge < -0.3 is 4.42 Å². The third-order valence-corrected chi connectivity index (χ3v) is 5.14. The lowest BCUT2D eigenvalue weighted by atomic mass is 10.1. The Bertz CT molecular complexity index is 794. The fourth-order valence-electron chi connectivity index (χ4n) is 1.81. The normalized spacial score (nSPS) is 11.6. The van der Waals surface area contributed by atoms with Crippen molar-refractivity contribution in [2.24, 2.45) is 0 Å². The van der Waals surface area contributed by atoms with Gasteiger partial charge in [0.2, 0.25) is 0 Å². The first-order valence-corrected chi connectivity index (χ1v) is 7.14. The molecule has 0 fully saturated rings. The van der Waals surface area contributed by atoms with Crippen molar-refractivity contribution in [1.29, 1.82) is 0 Å². The molecule has 0 aliphatic carbocycles. The van der Waals surface area contributed by atoms with Crippen LogP contribution in [0.1, 0.15) is 0 Å². The summed E-state index contributed by atoms with van der Waals surface area (Å²) in [5, 5.41) is 3.46. The highest BCUT2D eigenvalue weighted by Crippen LogP contribution is 2.42. The number of halogens is 5. The lowest BCUT2D eigenvalue weighted by Gasteiger charge is -1.99. The lowest BCUT2D eigenvalue weighted by Crippen LogP contribution is -1.74. The number of benzene rings is 2. The van der Waals surface area contributed by atoms with E-state index in [2.05, 4.69) is 15.9 Å². The fraction of sp³-hybridized carbons (Fsp3) is 0. The van der Waals surface area contributed by atoms with Crippen molar-refractivity contribution < 1.29 is 4.42 Å². The maximum atomic E-state index is 6.06. The maximum Gasteiger partial charge on any atom is 0.151 e.